The smallest absolute Gasteiger partial charge is 0.248 e. The van der Waals surface area contributed by atoms with Crippen LogP contribution in [0.2, 0.25) is 0 Å². The number of hydrogen-bond donors (Lipinski definition) is 0. The van der Waals surface area contributed by atoms with Crippen molar-refractivity contribution >= 4 is 10.0 Å². The van der Waals surface area contributed by atoms with E-state index in [1.165, 1.54) is 5.56 Å². The minimum atomic E-state index is -3.59. The van der Waals surface area contributed by atoms with Crippen LogP contribution in [0.1, 0.15) is 30.9 Å². The molecule has 0 radical (unpaired) electrons. The van der Waals surface area contributed by atoms with Crippen LogP contribution < -0.4 is 0 Å². The third-order valence-corrected chi connectivity index (χ3v) is 6.92. The van der Waals surface area contributed by atoms with E-state index < -0.39 is 10.0 Å². The lowest BCUT2D eigenvalue weighted by atomic mass is 10.1. The van der Waals surface area contributed by atoms with E-state index in [4.69, 9.17) is 4.52 Å². The van der Waals surface area contributed by atoms with Crippen LogP contribution in [0, 0.1) is 13.8 Å². The van der Waals surface area contributed by atoms with Crippen LogP contribution in [0.3, 0.4) is 0 Å². The van der Waals surface area contributed by atoms with Crippen molar-refractivity contribution < 1.29 is 12.9 Å². The summed E-state index contributed by atoms with van der Waals surface area (Å²) in [7, 11) is -3.59. The standard InChI is InChI=1S/C18H25N3O3S/c1-13-10-20(25(22,23)18-15(3)19-24-16(18)4)11-14(2)21(13)12-17-8-6-5-7-9-17/h5-9,13-14H,10-12H2,1-4H3. The number of aryl methyl sites for hydroxylation is 2. The first-order chi connectivity index (χ1) is 11.8. The Bertz CT molecular complexity index is 801. The molecule has 1 saturated heterocycles. The van der Waals surface area contributed by atoms with Gasteiger partial charge in [0.2, 0.25) is 10.0 Å². The number of nitrogens with zero attached hydrogens (tertiary/aromatic N) is 3. The molecule has 6 nitrogen and oxygen atoms in total. The number of hydrogen-bond acceptors (Lipinski definition) is 5. The van der Waals surface area contributed by atoms with Gasteiger partial charge in [-0.05, 0) is 33.3 Å². The number of benzene rings is 1. The zero-order chi connectivity index (χ0) is 18.2. The van der Waals surface area contributed by atoms with Gasteiger partial charge in [-0.1, -0.05) is 35.5 Å². The lowest BCUT2D eigenvalue weighted by Crippen LogP contribution is -2.57. The van der Waals surface area contributed by atoms with E-state index in [9.17, 15) is 8.42 Å². The molecule has 0 spiro atoms. The van der Waals surface area contributed by atoms with Crippen molar-refractivity contribution in [2.24, 2.45) is 0 Å². The molecule has 0 bridgehead atoms. The van der Waals surface area contributed by atoms with E-state index in [1.807, 2.05) is 18.2 Å². The van der Waals surface area contributed by atoms with E-state index >= 15 is 0 Å². The number of sulfonamides is 1. The second-order valence-corrected chi connectivity index (χ2v) is 8.71. The van der Waals surface area contributed by atoms with Gasteiger partial charge < -0.3 is 4.52 Å². The summed E-state index contributed by atoms with van der Waals surface area (Å²) >= 11 is 0. The molecule has 0 N–H and O–H groups in total. The Balaban J connectivity index is 1.80. The minimum Gasteiger partial charge on any atom is -0.360 e. The van der Waals surface area contributed by atoms with Crippen LogP contribution >= 0.6 is 0 Å². The molecule has 2 heterocycles. The van der Waals surface area contributed by atoms with E-state index in [-0.39, 0.29) is 17.0 Å². The molecule has 0 amide bonds. The quantitative estimate of drug-likeness (QED) is 0.835. The highest BCUT2D eigenvalue weighted by atomic mass is 32.2. The highest BCUT2D eigenvalue weighted by Crippen LogP contribution is 2.27. The molecule has 1 aromatic carbocycles. The van der Waals surface area contributed by atoms with Crippen molar-refractivity contribution in [1.82, 2.24) is 14.4 Å². The zero-order valence-electron chi connectivity index (χ0n) is 15.1. The van der Waals surface area contributed by atoms with Crippen molar-refractivity contribution in [2.45, 2.75) is 51.2 Å². The summed E-state index contributed by atoms with van der Waals surface area (Å²) < 4.78 is 32.7. The monoisotopic (exact) mass is 363 g/mol. The van der Waals surface area contributed by atoms with Gasteiger partial charge in [0.15, 0.2) is 5.76 Å². The molecule has 7 heteroatoms. The summed E-state index contributed by atoms with van der Waals surface area (Å²) in [6.45, 7) is 9.21. The Hall–Kier alpha value is -1.70. The normalized spacial score (nSPS) is 23.0. The van der Waals surface area contributed by atoms with Gasteiger partial charge in [0.25, 0.3) is 0 Å². The molecule has 0 saturated carbocycles. The average molecular weight is 363 g/mol. The number of rotatable bonds is 4. The van der Waals surface area contributed by atoms with Gasteiger partial charge in [0, 0.05) is 31.7 Å². The zero-order valence-corrected chi connectivity index (χ0v) is 16.0. The molecule has 1 aromatic heterocycles. The fourth-order valence-electron chi connectivity index (χ4n) is 3.58. The topological polar surface area (TPSA) is 66.7 Å². The molecule has 3 rings (SSSR count). The second kappa shape index (κ2) is 6.90. The van der Waals surface area contributed by atoms with Crippen LogP contribution in [0.15, 0.2) is 39.8 Å². The Morgan fingerprint density at radius 3 is 2.24 bits per heavy atom. The fraction of sp³-hybridized carbons (Fsp3) is 0.500. The van der Waals surface area contributed by atoms with Gasteiger partial charge in [0.1, 0.15) is 10.6 Å². The van der Waals surface area contributed by atoms with E-state index in [0.717, 1.165) is 6.54 Å². The highest BCUT2D eigenvalue weighted by Gasteiger charge is 2.38. The lowest BCUT2D eigenvalue weighted by molar-refractivity contribution is 0.0698. The maximum atomic E-state index is 13.1. The van der Waals surface area contributed by atoms with Crippen molar-refractivity contribution in [2.75, 3.05) is 13.1 Å². The highest BCUT2D eigenvalue weighted by molar-refractivity contribution is 7.89. The minimum absolute atomic E-state index is 0.124. The third-order valence-electron chi connectivity index (χ3n) is 4.84. The van der Waals surface area contributed by atoms with Gasteiger partial charge in [-0.3, -0.25) is 4.90 Å². The maximum absolute atomic E-state index is 13.1. The lowest BCUT2D eigenvalue weighted by Gasteiger charge is -2.43. The molecule has 136 valence electrons. The maximum Gasteiger partial charge on any atom is 0.248 e. The van der Waals surface area contributed by atoms with Crippen molar-refractivity contribution in [3.63, 3.8) is 0 Å². The first-order valence-electron chi connectivity index (χ1n) is 8.53. The largest absolute Gasteiger partial charge is 0.360 e. The predicted octanol–water partition coefficient (Wildman–Crippen LogP) is 2.57. The van der Waals surface area contributed by atoms with Gasteiger partial charge in [-0.2, -0.15) is 4.31 Å². The van der Waals surface area contributed by atoms with Crippen molar-refractivity contribution in [1.29, 1.82) is 0 Å². The molecule has 25 heavy (non-hydrogen) atoms. The Morgan fingerprint density at radius 1 is 1.12 bits per heavy atom. The summed E-state index contributed by atoms with van der Waals surface area (Å²) in [5, 5.41) is 3.79. The number of aromatic nitrogens is 1. The summed E-state index contributed by atoms with van der Waals surface area (Å²) in [5.74, 6) is 0.351. The molecule has 1 fully saturated rings. The van der Waals surface area contributed by atoms with Crippen molar-refractivity contribution in [3.05, 3.63) is 47.3 Å². The molecular formula is C18H25N3O3S. The van der Waals surface area contributed by atoms with Crippen molar-refractivity contribution in [3.8, 4) is 0 Å². The molecule has 2 unspecified atom stereocenters. The van der Waals surface area contributed by atoms with Crippen LogP contribution in [-0.4, -0.2) is 48.0 Å². The summed E-state index contributed by atoms with van der Waals surface area (Å²) in [5.41, 5.74) is 1.66. The van der Waals surface area contributed by atoms with Crippen LogP contribution in [0.5, 0.6) is 0 Å². The molecule has 1 aliphatic heterocycles. The van der Waals surface area contributed by atoms with Gasteiger partial charge in [0.05, 0.1) is 0 Å². The predicted molar refractivity (Wildman–Crippen MR) is 95.6 cm³/mol. The Kier molecular flexibility index (Phi) is 4.99. The summed E-state index contributed by atoms with van der Waals surface area (Å²) in [6.07, 6.45) is 0. The second-order valence-electron chi connectivity index (χ2n) is 6.83. The first kappa shape index (κ1) is 18.1. The van der Waals surface area contributed by atoms with Crippen LogP contribution in [0.4, 0.5) is 0 Å². The Labute approximate surface area is 149 Å². The van der Waals surface area contributed by atoms with E-state index in [0.29, 0.717) is 24.5 Å². The SMILES string of the molecule is Cc1noc(C)c1S(=O)(=O)N1CC(C)N(Cc2ccccc2)C(C)C1. The first-order valence-corrected chi connectivity index (χ1v) is 9.97. The fourth-order valence-corrected chi connectivity index (χ4v) is 5.48. The average Bonchev–Trinajstić information content (AvgIpc) is 2.91. The third kappa shape index (κ3) is 3.49. The summed E-state index contributed by atoms with van der Waals surface area (Å²) in [6, 6.07) is 10.5. The molecule has 0 aliphatic carbocycles. The van der Waals surface area contributed by atoms with Gasteiger partial charge in [-0.15, -0.1) is 0 Å². The van der Waals surface area contributed by atoms with Crippen LogP contribution in [-0.2, 0) is 16.6 Å². The molecule has 2 aromatic rings. The van der Waals surface area contributed by atoms with Gasteiger partial charge >= 0.3 is 0 Å². The van der Waals surface area contributed by atoms with E-state index in [2.05, 4.69) is 36.0 Å². The molecule has 1 aliphatic rings. The molecule has 2 atom stereocenters. The van der Waals surface area contributed by atoms with E-state index in [1.54, 1.807) is 18.2 Å². The van der Waals surface area contributed by atoms with Crippen LogP contribution in [0.25, 0.3) is 0 Å². The molecular weight excluding hydrogens is 338 g/mol. The Morgan fingerprint density at radius 2 is 1.72 bits per heavy atom. The number of piperazine rings is 1. The van der Waals surface area contributed by atoms with Gasteiger partial charge in [-0.25, -0.2) is 8.42 Å². The summed E-state index contributed by atoms with van der Waals surface area (Å²) in [4.78, 5) is 2.57.